The minimum absolute atomic E-state index is 0.108. The predicted octanol–water partition coefficient (Wildman–Crippen LogP) is 5.98. The van der Waals surface area contributed by atoms with Crippen LogP contribution in [0.5, 0.6) is 5.75 Å². The first kappa shape index (κ1) is 23.3. The van der Waals surface area contributed by atoms with Crippen LogP contribution in [-0.2, 0) is 14.3 Å². The van der Waals surface area contributed by atoms with Crippen molar-refractivity contribution in [3.05, 3.63) is 52.9 Å². The molecular formula is C25H25ClN2O4S. The maximum Gasteiger partial charge on any atom is 0.326 e. The molecular weight excluding hydrogens is 460 g/mol. The van der Waals surface area contributed by atoms with Gasteiger partial charge in [0.15, 0.2) is 6.61 Å². The molecule has 1 amide bonds. The van der Waals surface area contributed by atoms with Gasteiger partial charge in [0.2, 0.25) is 0 Å². The molecule has 0 unspecified atom stereocenters. The van der Waals surface area contributed by atoms with Gasteiger partial charge in [-0.25, -0.2) is 4.98 Å². The lowest BCUT2D eigenvalue weighted by molar-refractivity contribution is -0.143. The number of carbonyl (C=O) groups is 2. The topological polar surface area (TPSA) is 68.7 Å². The molecule has 0 radical (unpaired) electrons. The van der Waals surface area contributed by atoms with Gasteiger partial charge in [0.25, 0.3) is 5.91 Å². The van der Waals surface area contributed by atoms with E-state index in [4.69, 9.17) is 26.1 Å². The zero-order chi connectivity index (χ0) is 23.2. The number of ether oxygens (including phenoxy) is 2. The summed E-state index contributed by atoms with van der Waals surface area (Å²) in [7, 11) is 0. The Morgan fingerprint density at radius 1 is 1.21 bits per heavy atom. The molecule has 0 aliphatic carbocycles. The van der Waals surface area contributed by atoms with E-state index in [0.29, 0.717) is 23.1 Å². The number of fused-ring (bicyclic) bond motifs is 1. The van der Waals surface area contributed by atoms with E-state index in [1.807, 2.05) is 41.8 Å². The minimum Gasteiger partial charge on any atom is -0.482 e. The van der Waals surface area contributed by atoms with Gasteiger partial charge >= 0.3 is 5.97 Å². The molecule has 1 aliphatic heterocycles. The summed E-state index contributed by atoms with van der Waals surface area (Å²) in [6.45, 7) is 2.25. The Morgan fingerprint density at radius 3 is 2.88 bits per heavy atom. The zero-order valence-corrected chi connectivity index (χ0v) is 20.0. The van der Waals surface area contributed by atoms with E-state index in [9.17, 15) is 9.59 Å². The molecule has 0 saturated carbocycles. The highest BCUT2D eigenvalue weighted by Gasteiger charge is 2.28. The third kappa shape index (κ3) is 5.54. The molecule has 1 aromatic heterocycles. The van der Waals surface area contributed by atoms with Gasteiger partial charge in [-0.05, 0) is 30.7 Å². The van der Waals surface area contributed by atoms with Gasteiger partial charge in [0.1, 0.15) is 17.3 Å². The lowest BCUT2D eigenvalue weighted by Gasteiger charge is -2.29. The predicted molar refractivity (Wildman–Crippen MR) is 131 cm³/mol. The molecule has 0 bridgehead atoms. The normalized spacial score (nSPS) is 12.9. The molecule has 172 valence electrons. The highest BCUT2D eigenvalue weighted by atomic mass is 35.5. The average Bonchev–Trinajstić information content (AvgIpc) is 3.31. The first-order valence-electron chi connectivity index (χ1n) is 11.0. The Bertz CT molecular complexity index is 1150. The van der Waals surface area contributed by atoms with E-state index in [-0.39, 0.29) is 19.1 Å². The van der Waals surface area contributed by atoms with Crippen LogP contribution in [0.3, 0.4) is 0 Å². The largest absolute Gasteiger partial charge is 0.482 e. The van der Waals surface area contributed by atoms with E-state index < -0.39 is 5.97 Å². The molecule has 4 rings (SSSR count). The number of anilines is 1. The van der Waals surface area contributed by atoms with Crippen LogP contribution in [0.1, 0.15) is 32.6 Å². The number of carbonyl (C=O) groups excluding carboxylic acids is 2. The van der Waals surface area contributed by atoms with Crippen LogP contribution < -0.4 is 9.64 Å². The Hall–Kier alpha value is -2.90. The second-order valence-electron chi connectivity index (χ2n) is 7.75. The Labute approximate surface area is 202 Å². The quantitative estimate of drug-likeness (QED) is 0.276. The summed E-state index contributed by atoms with van der Waals surface area (Å²) >= 11 is 7.81. The SMILES string of the molecule is CCCCCCOC(=O)CN1C(=O)COc2ccc(-c3csc(-c4ccccc4Cl)n3)cc21. The van der Waals surface area contributed by atoms with Crippen molar-refractivity contribution in [3.8, 4) is 27.6 Å². The van der Waals surface area contributed by atoms with Crippen molar-refractivity contribution in [3.63, 3.8) is 0 Å². The molecule has 0 N–H and O–H groups in total. The fraction of sp³-hybridized carbons (Fsp3) is 0.320. The number of nitrogens with zero attached hydrogens (tertiary/aromatic N) is 2. The first-order chi connectivity index (χ1) is 16.1. The van der Waals surface area contributed by atoms with Crippen LogP contribution in [0.4, 0.5) is 5.69 Å². The van der Waals surface area contributed by atoms with Gasteiger partial charge in [-0.1, -0.05) is 56.0 Å². The van der Waals surface area contributed by atoms with Crippen molar-refractivity contribution < 1.29 is 19.1 Å². The fourth-order valence-electron chi connectivity index (χ4n) is 3.59. The Kier molecular flexibility index (Phi) is 7.62. The third-order valence-corrected chi connectivity index (χ3v) is 6.56. The van der Waals surface area contributed by atoms with Gasteiger partial charge in [-0.3, -0.25) is 14.5 Å². The van der Waals surface area contributed by atoms with Crippen molar-refractivity contribution in [1.29, 1.82) is 0 Å². The van der Waals surface area contributed by atoms with E-state index in [2.05, 4.69) is 6.92 Å². The molecule has 1 aliphatic rings. The van der Waals surface area contributed by atoms with Crippen LogP contribution in [0.25, 0.3) is 21.8 Å². The second-order valence-corrected chi connectivity index (χ2v) is 9.02. The lowest BCUT2D eigenvalue weighted by atomic mass is 10.1. The van der Waals surface area contributed by atoms with Gasteiger partial charge in [0, 0.05) is 16.5 Å². The number of halogens is 1. The molecule has 3 aromatic rings. The summed E-state index contributed by atoms with van der Waals surface area (Å²) < 4.78 is 10.9. The number of amides is 1. The summed E-state index contributed by atoms with van der Waals surface area (Å²) in [5.41, 5.74) is 2.99. The van der Waals surface area contributed by atoms with Crippen molar-refractivity contribution in [1.82, 2.24) is 4.98 Å². The van der Waals surface area contributed by atoms with Crippen molar-refractivity contribution in [2.45, 2.75) is 32.6 Å². The number of aromatic nitrogens is 1. The number of hydrogen-bond acceptors (Lipinski definition) is 6. The minimum atomic E-state index is -0.423. The van der Waals surface area contributed by atoms with Gasteiger partial charge in [0.05, 0.1) is 23.0 Å². The van der Waals surface area contributed by atoms with E-state index in [1.54, 1.807) is 6.07 Å². The summed E-state index contributed by atoms with van der Waals surface area (Å²) in [5, 5.41) is 3.40. The van der Waals surface area contributed by atoms with Crippen molar-refractivity contribution in [2.24, 2.45) is 0 Å². The maximum atomic E-state index is 12.5. The van der Waals surface area contributed by atoms with Crippen LogP contribution in [-0.4, -0.2) is 36.6 Å². The molecule has 2 heterocycles. The summed E-state index contributed by atoms with van der Waals surface area (Å²) in [5.74, 6) is -0.152. The van der Waals surface area contributed by atoms with Gasteiger partial charge in [-0.2, -0.15) is 0 Å². The maximum absolute atomic E-state index is 12.5. The number of benzene rings is 2. The van der Waals surface area contributed by atoms with Crippen molar-refractivity contribution >= 4 is 40.5 Å². The van der Waals surface area contributed by atoms with Gasteiger partial charge in [-0.15, -0.1) is 11.3 Å². The molecule has 6 nitrogen and oxygen atoms in total. The highest BCUT2D eigenvalue weighted by molar-refractivity contribution is 7.13. The molecule has 33 heavy (non-hydrogen) atoms. The van der Waals surface area contributed by atoms with Crippen LogP contribution in [0.2, 0.25) is 5.02 Å². The number of hydrogen-bond donors (Lipinski definition) is 0. The fourth-order valence-corrected chi connectivity index (χ4v) is 4.74. The number of thiazole rings is 1. The van der Waals surface area contributed by atoms with E-state index in [1.165, 1.54) is 16.2 Å². The van der Waals surface area contributed by atoms with Crippen LogP contribution >= 0.6 is 22.9 Å². The zero-order valence-electron chi connectivity index (χ0n) is 18.4. The van der Waals surface area contributed by atoms with Crippen molar-refractivity contribution in [2.75, 3.05) is 24.7 Å². The molecule has 2 aromatic carbocycles. The summed E-state index contributed by atoms with van der Waals surface area (Å²) in [6, 6.07) is 13.1. The Morgan fingerprint density at radius 2 is 2.06 bits per heavy atom. The molecule has 0 atom stereocenters. The molecule has 0 fully saturated rings. The lowest BCUT2D eigenvalue weighted by Crippen LogP contribution is -2.42. The number of esters is 1. The second kappa shape index (κ2) is 10.8. The van der Waals surface area contributed by atoms with Gasteiger partial charge < -0.3 is 9.47 Å². The smallest absolute Gasteiger partial charge is 0.326 e. The van der Waals surface area contributed by atoms with E-state index in [0.717, 1.165) is 47.5 Å². The van der Waals surface area contributed by atoms with Crippen LogP contribution in [0, 0.1) is 0 Å². The summed E-state index contributed by atoms with van der Waals surface area (Å²) in [4.78, 5) is 31.1. The standard InChI is InChI=1S/C25H25ClN2O4S/c1-2-3-4-7-12-31-24(30)14-28-21-13-17(10-11-22(21)32-15-23(28)29)20-16-33-25(27-20)18-8-5-6-9-19(18)26/h5-6,8-11,13,16H,2-4,7,12,14-15H2,1H3. The first-order valence-corrected chi connectivity index (χ1v) is 12.3. The highest BCUT2D eigenvalue weighted by Crippen LogP contribution is 2.38. The Balaban J connectivity index is 1.52. The molecule has 0 saturated heterocycles. The van der Waals surface area contributed by atoms with Crippen LogP contribution in [0.15, 0.2) is 47.8 Å². The van der Waals surface area contributed by atoms with E-state index >= 15 is 0 Å². The monoisotopic (exact) mass is 484 g/mol. The third-order valence-electron chi connectivity index (χ3n) is 5.35. The molecule has 0 spiro atoms. The summed E-state index contributed by atoms with van der Waals surface area (Å²) in [6.07, 6.45) is 4.09. The number of unbranched alkanes of at least 4 members (excludes halogenated alkanes) is 3. The number of rotatable bonds is 9. The average molecular weight is 485 g/mol. The molecule has 8 heteroatoms.